The van der Waals surface area contributed by atoms with Gasteiger partial charge in [-0.3, -0.25) is 9.58 Å². The van der Waals surface area contributed by atoms with Crippen LogP contribution in [0.2, 0.25) is 0 Å². The third kappa shape index (κ3) is 3.62. The molecule has 23 heavy (non-hydrogen) atoms. The molecule has 9 heteroatoms. The Hall–Kier alpha value is -1.71. The zero-order valence-corrected chi connectivity index (χ0v) is 14.3. The summed E-state index contributed by atoms with van der Waals surface area (Å²) < 4.78 is 32.1. The Kier molecular flexibility index (Phi) is 4.26. The van der Waals surface area contributed by atoms with Crippen molar-refractivity contribution in [3.8, 4) is 11.3 Å². The summed E-state index contributed by atoms with van der Waals surface area (Å²) >= 11 is 0. The first-order valence-corrected chi connectivity index (χ1v) is 9.31. The van der Waals surface area contributed by atoms with Gasteiger partial charge in [0.25, 0.3) is 0 Å². The smallest absolute Gasteiger partial charge is 0.211 e. The van der Waals surface area contributed by atoms with Crippen LogP contribution in [-0.4, -0.2) is 64.5 Å². The number of sulfonamides is 1. The van der Waals surface area contributed by atoms with Gasteiger partial charge >= 0.3 is 0 Å². The van der Waals surface area contributed by atoms with Crippen LogP contribution in [-0.2, 0) is 23.6 Å². The van der Waals surface area contributed by atoms with Gasteiger partial charge in [-0.1, -0.05) is 5.16 Å². The van der Waals surface area contributed by atoms with Crippen LogP contribution in [0.15, 0.2) is 23.0 Å². The van der Waals surface area contributed by atoms with Crippen LogP contribution in [0.3, 0.4) is 0 Å². The fraction of sp³-hybridized carbons (Fsp3) is 0.571. The van der Waals surface area contributed by atoms with Gasteiger partial charge in [-0.05, 0) is 6.92 Å². The van der Waals surface area contributed by atoms with E-state index in [4.69, 9.17) is 4.52 Å². The standard InChI is InChI=1S/C14H21N5O3S/c1-11-8-18(4-5-19(11)23(3,20)21)10-13-6-14(16-22-13)12-7-15-17(2)9-12/h6-7,9,11H,4-5,8,10H2,1-3H3/t11-/m0/s1. The lowest BCUT2D eigenvalue weighted by Crippen LogP contribution is -2.53. The number of aromatic nitrogens is 3. The maximum Gasteiger partial charge on any atom is 0.211 e. The Morgan fingerprint density at radius 1 is 1.39 bits per heavy atom. The third-order valence-electron chi connectivity index (χ3n) is 4.02. The van der Waals surface area contributed by atoms with Crippen LogP contribution in [0, 0.1) is 0 Å². The molecule has 1 atom stereocenters. The third-order valence-corrected chi connectivity index (χ3v) is 5.41. The zero-order valence-electron chi connectivity index (χ0n) is 13.5. The Labute approximate surface area is 135 Å². The molecule has 1 aliphatic heterocycles. The van der Waals surface area contributed by atoms with E-state index in [-0.39, 0.29) is 6.04 Å². The molecular weight excluding hydrogens is 318 g/mol. The number of rotatable bonds is 4. The molecule has 0 radical (unpaired) electrons. The van der Waals surface area contributed by atoms with Crippen LogP contribution in [0.4, 0.5) is 0 Å². The molecule has 3 rings (SSSR count). The quantitative estimate of drug-likeness (QED) is 0.808. The second-order valence-electron chi connectivity index (χ2n) is 6.04. The minimum absolute atomic E-state index is 0.0422. The summed E-state index contributed by atoms with van der Waals surface area (Å²) in [5, 5.41) is 8.20. The van der Waals surface area contributed by atoms with Crippen molar-refractivity contribution in [3.05, 3.63) is 24.2 Å². The first kappa shape index (κ1) is 16.2. The van der Waals surface area contributed by atoms with Crippen molar-refractivity contribution in [1.82, 2.24) is 24.1 Å². The van der Waals surface area contributed by atoms with Crippen molar-refractivity contribution >= 4 is 10.0 Å². The number of hydrogen-bond acceptors (Lipinski definition) is 6. The van der Waals surface area contributed by atoms with E-state index in [1.165, 1.54) is 6.26 Å². The first-order valence-electron chi connectivity index (χ1n) is 7.47. The average molecular weight is 339 g/mol. The predicted molar refractivity (Wildman–Crippen MR) is 85.0 cm³/mol. The monoisotopic (exact) mass is 339 g/mol. The van der Waals surface area contributed by atoms with Gasteiger partial charge in [0, 0.05) is 50.6 Å². The second kappa shape index (κ2) is 6.06. The van der Waals surface area contributed by atoms with Gasteiger partial charge in [0.2, 0.25) is 10.0 Å². The number of aryl methyl sites for hydroxylation is 1. The van der Waals surface area contributed by atoms with Crippen molar-refractivity contribution in [2.45, 2.75) is 19.5 Å². The molecule has 3 heterocycles. The molecule has 1 fully saturated rings. The molecule has 0 aliphatic carbocycles. The van der Waals surface area contributed by atoms with E-state index in [0.29, 0.717) is 26.2 Å². The van der Waals surface area contributed by atoms with Crippen molar-refractivity contribution in [2.24, 2.45) is 7.05 Å². The Morgan fingerprint density at radius 2 is 2.17 bits per heavy atom. The highest BCUT2D eigenvalue weighted by Crippen LogP contribution is 2.20. The minimum atomic E-state index is -3.14. The van der Waals surface area contributed by atoms with E-state index in [2.05, 4.69) is 15.2 Å². The SMILES string of the molecule is C[C@H]1CN(Cc2cc(-c3cnn(C)c3)no2)CCN1S(C)(=O)=O. The second-order valence-corrected chi connectivity index (χ2v) is 7.97. The summed E-state index contributed by atoms with van der Waals surface area (Å²) in [7, 11) is -1.29. The molecule has 0 spiro atoms. The molecule has 0 saturated carbocycles. The topological polar surface area (TPSA) is 84.5 Å². The first-order chi connectivity index (χ1) is 10.8. The van der Waals surface area contributed by atoms with Gasteiger partial charge < -0.3 is 4.52 Å². The van der Waals surface area contributed by atoms with Crippen molar-refractivity contribution < 1.29 is 12.9 Å². The predicted octanol–water partition coefficient (Wildman–Crippen LogP) is 0.541. The lowest BCUT2D eigenvalue weighted by atomic mass is 10.2. The van der Waals surface area contributed by atoms with Crippen LogP contribution in [0.5, 0.6) is 0 Å². The van der Waals surface area contributed by atoms with E-state index < -0.39 is 10.0 Å². The van der Waals surface area contributed by atoms with Crippen LogP contribution in [0.25, 0.3) is 11.3 Å². The fourth-order valence-corrected chi connectivity index (χ4v) is 4.08. The molecule has 1 saturated heterocycles. The lowest BCUT2D eigenvalue weighted by Gasteiger charge is -2.37. The van der Waals surface area contributed by atoms with Gasteiger partial charge in [-0.15, -0.1) is 0 Å². The molecule has 8 nitrogen and oxygen atoms in total. The summed E-state index contributed by atoms with van der Waals surface area (Å²) in [6.07, 6.45) is 4.89. The fourth-order valence-electron chi connectivity index (χ4n) is 2.95. The highest BCUT2D eigenvalue weighted by molar-refractivity contribution is 7.88. The number of nitrogens with zero attached hydrogens (tertiary/aromatic N) is 5. The number of hydrogen-bond donors (Lipinski definition) is 0. The van der Waals surface area contributed by atoms with Gasteiger partial charge in [-0.2, -0.15) is 9.40 Å². The largest absolute Gasteiger partial charge is 0.359 e. The molecule has 0 amide bonds. The number of piperazine rings is 1. The van der Waals surface area contributed by atoms with Crippen LogP contribution in [0.1, 0.15) is 12.7 Å². The molecule has 0 aromatic carbocycles. The average Bonchev–Trinajstić information content (AvgIpc) is 3.06. The molecular formula is C14H21N5O3S. The Balaban J connectivity index is 1.64. The molecule has 1 aliphatic rings. The van der Waals surface area contributed by atoms with Crippen LogP contribution < -0.4 is 0 Å². The lowest BCUT2D eigenvalue weighted by molar-refractivity contribution is 0.128. The Morgan fingerprint density at radius 3 is 2.78 bits per heavy atom. The highest BCUT2D eigenvalue weighted by Gasteiger charge is 2.30. The molecule has 0 N–H and O–H groups in total. The highest BCUT2D eigenvalue weighted by atomic mass is 32.2. The van der Waals surface area contributed by atoms with Crippen molar-refractivity contribution in [3.63, 3.8) is 0 Å². The maximum atomic E-state index is 11.7. The zero-order chi connectivity index (χ0) is 16.6. The minimum Gasteiger partial charge on any atom is -0.359 e. The Bertz CT molecular complexity index is 782. The van der Waals surface area contributed by atoms with E-state index in [1.807, 2.05) is 26.2 Å². The van der Waals surface area contributed by atoms with E-state index in [1.54, 1.807) is 15.2 Å². The maximum absolute atomic E-state index is 11.7. The van der Waals surface area contributed by atoms with E-state index in [9.17, 15) is 8.42 Å². The summed E-state index contributed by atoms with van der Waals surface area (Å²) in [5.41, 5.74) is 1.67. The van der Waals surface area contributed by atoms with Crippen molar-refractivity contribution in [2.75, 3.05) is 25.9 Å². The van der Waals surface area contributed by atoms with Gasteiger partial charge in [0.15, 0.2) is 5.76 Å². The molecule has 2 aromatic heterocycles. The normalized spacial score (nSPS) is 20.9. The van der Waals surface area contributed by atoms with Gasteiger partial charge in [0.1, 0.15) is 5.69 Å². The van der Waals surface area contributed by atoms with Crippen LogP contribution >= 0.6 is 0 Å². The molecule has 0 unspecified atom stereocenters. The summed E-state index contributed by atoms with van der Waals surface area (Å²) in [6.45, 7) is 4.41. The molecule has 2 aromatic rings. The molecule has 126 valence electrons. The summed E-state index contributed by atoms with van der Waals surface area (Å²) in [4.78, 5) is 2.18. The molecule has 0 bridgehead atoms. The summed E-state index contributed by atoms with van der Waals surface area (Å²) in [6, 6.07) is 1.87. The van der Waals surface area contributed by atoms with Crippen molar-refractivity contribution in [1.29, 1.82) is 0 Å². The van der Waals surface area contributed by atoms with E-state index >= 15 is 0 Å². The van der Waals surface area contributed by atoms with Gasteiger partial charge in [-0.25, -0.2) is 8.42 Å². The summed E-state index contributed by atoms with van der Waals surface area (Å²) in [5.74, 6) is 0.767. The van der Waals surface area contributed by atoms with E-state index in [0.717, 1.165) is 17.0 Å². The van der Waals surface area contributed by atoms with Gasteiger partial charge in [0.05, 0.1) is 19.0 Å².